The Hall–Kier alpha value is -1.55. The van der Waals surface area contributed by atoms with Crippen LogP contribution in [0, 0.1) is 0 Å². The first-order valence-electron chi connectivity index (χ1n) is 4.88. The minimum Gasteiger partial charge on any atom is -0.468 e. The fourth-order valence-corrected chi connectivity index (χ4v) is 2.25. The van der Waals surface area contributed by atoms with E-state index < -0.39 is 0 Å². The zero-order valence-electron chi connectivity index (χ0n) is 8.84. The van der Waals surface area contributed by atoms with Gasteiger partial charge in [-0.1, -0.05) is 11.8 Å². The lowest BCUT2D eigenvalue weighted by molar-refractivity contribution is 0.101. The second kappa shape index (κ2) is 4.99. The predicted molar refractivity (Wildman–Crippen MR) is 62.5 cm³/mol. The normalized spacial score (nSPS) is 10.3. The van der Waals surface area contributed by atoms with Crippen molar-refractivity contribution in [2.75, 3.05) is 0 Å². The summed E-state index contributed by atoms with van der Waals surface area (Å²) in [5.41, 5.74) is 0.666. The summed E-state index contributed by atoms with van der Waals surface area (Å²) in [6, 6.07) is 7.32. The second-order valence-corrected chi connectivity index (χ2v) is 4.24. The van der Waals surface area contributed by atoms with Crippen molar-refractivity contribution in [3.05, 3.63) is 48.0 Å². The first-order chi connectivity index (χ1) is 7.77. The van der Waals surface area contributed by atoms with E-state index in [4.69, 9.17) is 4.42 Å². The van der Waals surface area contributed by atoms with E-state index in [0.29, 0.717) is 11.3 Å². The van der Waals surface area contributed by atoms with Crippen LogP contribution in [0.15, 0.2) is 46.2 Å². The number of Topliss-reactive ketones (excluding diaryl/α,β-unsaturated/α-hetero) is 1. The van der Waals surface area contributed by atoms with Crippen molar-refractivity contribution in [2.45, 2.75) is 17.7 Å². The monoisotopic (exact) mass is 233 g/mol. The van der Waals surface area contributed by atoms with Gasteiger partial charge in [-0.25, -0.2) is 4.98 Å². The molecule has 16 heavy (non-hydrogen) atoms. The first kappa shape index (κ1) is 11.0. The van der Waals surface area contributed by atoms with Crippen LogP contribution in [0.5, 0.6) is 0 Å². The SMILES string of the molecule is CC(=O)c1cccnc1SCc1ccco1. The zero-order valence-corrected chi connectivity index (χ0v) is 9.66. The summed E-state index contributed by atoms with van der Waals surface area (Å²) >= 11 is 1.51. The Morgan fingerprint density at radius 3 is 3.00 bits per heavy atom. The van der Waals surface area contributed by atoms with Crippen molar-refractivity contribution in [1.82, 2.24) is 4.98 Å². The van der Waals surface area contributed by atoms with Crippen molar-refractivity contribution < 1.29 is 9.21 Å². The molecule has 0 aliphatic carbocycles. The van der Waals surface area contributed by atoms with Crippen molar-refractivity contribution in [2.24, 2.45) is 0 Å². The molecule has 2 aromatic rings. The average molecular weight is 233 g/mol. The molecule has 0 aliphatic heterocycles. The Labute approximate surface area is 97.9 Å². The van der Waals surface area contributed by atoms with Crippen LogP contribution in [-0.4, -0.2) is 10.8 Å². The lowest BCUT2D eigenvalue weighted by Gasteiger charge is -2.03. The van der Waals surface area contributed by atoms with Gasteiger partial charge < -0.3 is 4.42 Å². The van der Waals surface area contributed by atoms with Crippen LogP contribution in [0.3, 0.4) is 0 Å². The van der Waals surface area contributed by atoms with Gasteiger partial charge in [-0.2, -0.15) is 0 Å². The number of furan rings is 1. The Balaban J connectivity index is 2.12. The molecule has 0 fully saturated rings. The molecule has 0 aromatic carbocycles. The highest BCUT2D eigenvalue weighted by Crippen LogP contribution is 2.24. The van der Waals surface area contributed by atoms with Gasteiger partial charge in [-0.15, -0.1) is 0 Å². The van der Waals surface area contributed by atoms with Gasteiger partial charge in [0.2, 0.25) is 0 Å². The van der Waals surface area contributed by atoms with E-state index in [1.54, 1.807) is 31.5 Å². The molecule has 0 atom stereocenters. The third-order valence-electron chi connectivity index (χ3n) is 2.08. The molecule has 0 amide bonds. The van der Waals surface area contributed by atoms with E-state index in [-0.39, 0.29) is 5.78 Å². The summed E-state index contributed by atoms with van der Waals surface area (Å²) in [6.07, 6.45) is 3.33. The van der Waals surface area contributed by atoms with Crippen LogP contribution in [-0.2, 0) is 5.75 Å². The maximum Gasteiger partial charge on any atom is 0.162 e. The highest BCUT2D eigenvalue weighted by molar-refractivity contribution is 7.98. The fourth-order valence-electron chi connectivity index (χ4n) is 1.31. The van der Waals surface area contributed by atoms with Gasteiger partial charge in [-0.3, -0.25) is 4.79 Å². The molecule has 0 radical (unpaired) electrons. The summed E-state index contributed by atoms with van der Waals surface area (Å²) < 4.78 is 5.22. The van der Waals surface area contributed by atoms with Gasteiger partial charge in [0.05, 0.1) is 12.0 Å². The van der Waals surface area contributed by atoms with E-state index in [1.807, 2.05) is 12.1 Å². The molecule has 0 aliphatic rings. The lowest BCUT2D eigenvalue weighted by atomic mass is 10.2. The molecular weight excluding hydrogens is 222 g/mol. The maximum absolute atomic E-state index is 11.4. The van der Waals surface area contributed by atoms with Crippen LogP contribution < -0.4 is 0 Å². The molecular formula is C12H11NO2S. The number of ketones is 1. The Bertz CT molecular complexity index is 480. The average Bonchev–Trinajstić information content (AvgIpc) is 2.79. The van der Waals surface area contributed by atoms with Crippen molar-refractivity contribution >= 4 is 17.5 Å². The third kappa shape index (κ3) is 2.52. The number of pyridine rings is 1. The number of nitrogens with zero attached hydrogens (tertiary/aromatic N) is 1. The summed E-state index contributed by atoms with van der Waals surface area (Å²) in [4.78, 5) is 15.6. The number of aromatic nitrogens is 1. The molecule has 2 rings (SSSR count). The molecule has 2 heterocycles. The molecule has 0 saturated carbocycles. The van der Waals surface area contributed by atoms with E-state index >= 15 is 0 Å². The molecule has 0 N–H and O–H groups in total. The third-order valence-corrected chi connectivity index (χ3v) is 3.11. The smallest absolute Gasteiger partial charge is 0.162 e. The molecule has 0 unspecified atom stereocenters. The topological polar surface area (TPSA) is 43.1 Å². The highest BCUT2D eigenvalue weighted by atomic mass is 32.2. The van der Waals surface area contributed by atoms with Gasteiger partial charge in [-0.05, 0) is 31.2 Å². The van der Waals surface area contributed by atoms with Crippen LogP contribution in [0.1, 0.15) is 23.0 Å². The van der Waals surface area contributed by atoms with E-state index in [2.05, 4.69) is 4.98 Å². The van der Waals surface area contributed by atoms with Gasteiger partial charge in [0.1, 0.15) is 10.8 Å². The van der Waals surface area contributed by atoms with Crippen LogP contribution in [0.4, 0.5) is 0 Å². The zero-order chi connectivity index (χ0) is 11.4. The van der Waals surface area contributed by atoms with Crippen molar-refractivity contribution in [1.29, 1.82) is 0 Å². The fraction of sp³-hybridized carbons (Fsp3) is 0.167. The molecule has 82 valence electrons. The molecule has 0 bridgehead atoms. The maximum atomic E-state index is 11.4. The van der Waals surface area contributed by atoms with Crippen LogP contribution in [0.2, 0.25) is 0 Å². The summed E-state index contributed by atoms with van der Waals surface area (Å²) in [7, 11) is 0. The molecule has 0 spiro atoms. The van der Waals surface area contributed by atoms with Gasteiger partial charge >= 0.3 is 0 Å². The number of hydrogen-bond donors (Lipinski definition) is 0. The summed E-state index contributed by atoms with van der Waals surface area (Å²) in [6.45, 7) is 1.55. The van der Waals surface area contributed by atoms with Gasteiger partial charge in [0.25, 0.3) is 0 Å². The number of thioether (sulfide) groups is 1. The minimum atomic E-state index is 0.0371. The Morgan fingerprint density at radius 2 is 2.31 bits per heavy atom. The number of rotatable bonds is 4. The van der Waals surface area contributed by atoms with Crippen molar-refractivity contribution in [3.63, 3.8) is 0 Å². The summed E-state index contributed by atoms with van der Waals surface area (Å²) in [5, 5.41) is 0.756. The van der Waals surface area contributed by atoms with E-state index in [9.17, 15) is 4.79 Å². The molecule has 3 nitrogen and oxygen atoms in total. The minimum absolute atomic E-state index is 0.0371. The first-order valence-corrected chi connectivity index (χ1v) is 5.87. The molecule has 0 saturated heterocycles. The van der Waals surface area contributed by atoms with E-state index in [1.165, 1.54) is 11.8 Å². The standard InChI is InChI=1S/C12H11NO2S/c1-9(14)11-5-2-6-13-12(11)16-8-10-4-3-7-15-10/h2-7H,8H2,1H3. The predicted octanol–water partition coefficient (Wildman–Crippen LogP) is 3.17. The quantitative estimate of drug-likeness (QED) is 0.601. The van der Waals surface area contributed by atoms with E-state index in [0.717, 1.165) is 10.8 Å². The Morgan fingerprint density at radius 1 is 1.44 bits per heavy atom. The second-order valence-electron chi connectivity index (χ2n) is 3.28. The van der Waals surface area contributed by atoms with Crippen LogP contribution >= 0.6 is 11.8 Å². The lowest BCUT2D eigenvalue weighted by Crippen LogP contribution is -1.97. The largest absolute Gasteiger partial charge is 0.468 e. The molecule has 2 aromatic heterocycles. The summed E-state index contributed by atoms with van der Waals surface area (Å²) in [5.74, 6) is 1.60. The highest BCUT2D eigenvalue weighted by Gasteiger charge is 2.08. The number of hydrogen-bond acceptors (Lipinski definition) is 4. The number of carbonyl (C=O) groups is 1. The van der Waals surface area contributed by atoms with Crippen LogP contribution in [0.25, 0.3) is 0 Å². The number of carbonyl (C=O) groups excluding carboxylic acids is 1. The molecule has 4 heteroatoms. The van der Waals surface area contributed by atoms with Crippen molar-refractivity contribution in [3.8, 4) is 0 Å². The van der Waals surface area contributed by atoms with Gasteiger partial charge in [0, 0.05) is 11.8 Å². The Kier molecular flexibility index (Phi) is 3.41. The van der Waals surface area contributed by atoms with Gasteiger partial charge in [0.15, 0.2) is 5.78 Å².